The monoisotopic (exact) mass is 686 g/mol. The van der Waals surface area contributed by atoms with E-state index in [1.807, 2.05) is 0 Å². The van der Waals surface area contributed by atoms with Gasteiger partial charge in [0.25, 0.3) is 0 Å². The van der Waals surface area contributed by atoms with E-state index >= 15 is 0 Å². The Morgan fingerprint density at radius 3 is 0.809 bits per heavy atom. The number of aliphatic hydroxyl groups excluding tert-OH is 5. The standard InChI is InChI=1S/5C6H8O3.Al.Mg/c5*1-2-3-4-5(7)6(8)9;;/h5*2-4,7H,1H3,(H,8,9);;/q;;;;;+3;+2/p-5/b5*3-2+,5-4-;;. The van der Waals surface area contributed by atoms with Crippen molar-refractivity contribution in [1.29, 1.82) is 0 Å². The summed E-state index contributed by atoms with van der Waals surface area (Å²) < 4.78 is 14.1. The van der Waals surface area contributed by atoms with E-state index in [1.165, 1.54) is 48.6 Å². The molecule has 0 atom stereocenters. The van der Waals surface area contributed by atoms with E-state index < -0.39 is 73.8 Å². The van der Waals surface area contributed by atoms with Gasteiger partial charge in [-0.05, 0) is 65.0 Å². The van der Waals surface area contributed by atoms with E-state index in [1.54, 1.807) is 46.8 Å². The van der Waals surface area contributed by atoms with Crippen LogP contribution in [0.1, 0.15) is 34.6 Å². The minimum absolute atomic E-state index is 0. The molecular weight excluding hydrogens is 652 g/mol. The zero-order chi connectivity index (χ0) is 36.1. The number of hydrogen-bond donors (Lipinski definition) is 5. The van der Waals surface area contributed by atoms with Crippen LogP contribution in [-0.4, -0.2) is 93.6 Å². The Balaban J connectivity index is -0.000000396. The molecule has 0 radical (unpaired) electrons. The minimum Gasteiger partial charge on any atom is -0.545 e. The number of aliphatic carboxylic acids is 2. The van der Waals surface area contributed by atoms with Crippen LogP contribution in [0.25, 0.3) is 0 Å². The second-order valence-corrected chi connectivity index (χ2v) is 8.75. The van der Waals surface area contributed by atoms with E-state index in [4.69, 9.17) is 21.6 Å². The summed E-state index contributed by atoms with van der Waals surface area (Å²) in [6, 6.07) is 0. The van der Waals surface area contributed by atoms with Gasteiger partial charge >= 0.3 is 56.1 Å². The third-order valence-electron chi connectivity index (χ3n) is 3.89. The molecule has 5 N–H and O–H groups in total. The number of rotatable bonds is 13. The molecule has 250 valence electrons. The number of carboxylic acid groups (broad SMARTS) is 2. The van der Waals surface area contributed by atoms with Gasteiger partial charge in [-0.25, -0.2) is 14.4 Å². The zero-order valence-electron chi connectivity index (χ0n) is 26.3. The molecule has 0 aromatic heterocycles. The van der Waals surface area contributed by atoms with Crippen molar-refractivity contribution in [3.05, 3.63) is 120 Å². The summed E-state index contributed by atoms with van der Waals surface area (Å²) >= 11 is -3.90. The first-order chi connectivity index (χ1) is 21.6. The van der Waals surface area contributed by atoms with Crippen LogP contribution in [0.3, 0.4) is 0 Å². The van der Waals surface area contributed by atoms with Crippen LogP contribution in [0.15, 0.2) is 120 Å². The number of aliphatic hydroxyl groups is 5. The molecule has 0 heterocycles. The van der Waals surface area contributed by atoms with Crippen LogP contribution in [0.4, 0.5) is 0 Å². The minimum atomic E-state index is -3.90. The summed E-state index contributed by atoms with van der Waals surface area (Å²) in [5.74, 6) is -11.2. The first kappa shape index (κ1) is 48.9. The van der Waals surface area contributed by atoms with Crippen molar-refractivity contribution < 1.29 is 71.1 Å². The second kappa shape index (κ2) is 31.0. The molecule has 0 aliphatic carbocycles. The Morgan fingerprint density at radius 2 is 0.638 bits per heavy atom. The summed E-state index contributed by atoms with van der Waals surface area (Å²) in [6.45, 7) is 8.32. The van der Waals surface area contributed by atoms with Gasteiger partial charge in [-0.15, -0.1) is 0 Å². The smallest absolute Gasteiger partial charge is 0.545 e. The molecule has 0 saturated heterocycles. The number of carboxylic acids is 2. The topological polar surface area (TPSA) is 260 Å². The molecule has 0 aromatic rings. The Morgan fingerprint density at radius 1 is 0.447 bits per heavy atom. The Labute approximate surface area is 292 Å². The van der Waals surface area contributed by atoms with Crippen molar-refractivity contribution in [3.63, 3.8) is 0 Å². The van der Waals surface area contributed by atoms with Gasteiger partial charge in [-0.2, -0.15) is 0 Å². The summed E-state index contributed by atoms with van der Waals surface area (Å²) in [7, 11) is 0. The molecule has 47 heavy (non-hydrogen) atoms. The van der Waals surface area contributed by atoms with Crippen molar-refractivity contribution >= 4 is 68.0 Å². The van der Waals surface area contributed by atoms with E-state index in [2.05, 4.69) is 0 Å². The third kappa shape index (κ3) is 28.3. The average molecular weight is 687 g/mol. The van der Waals surface area contributed by atoms with Gasteiger partial charge in [0.05, 0.1) is 0 Å². The first-order valence-corrected chi connectivity index (χ1v) is 14.2. The summed E-state index contributed by atoms with van der Waals surface area (Å²) in [5.41, 5.74) is 0. The van der Waals surface area contributed by atoms with Gasteiger partial charge in [0.2, 0.25) is 0 Å². The van der Waals surface area contributed by atoms with Crippen LogP contribution in [-0.2, 0) is 35.3 Å². The van der Waals surface area contributed by atoms with Crippen LogP contribution < -0.4 is 10.2 Å². The van der Waals surface area contributed by atoms with Gasteiger partial charge in [0.15, 0.2) is 17.3 Å². The number of hydrogen-bond acceptors (Lipinski definition) is 15. The van der Waals surface area contributed by atoms with Crippen LogP contribution in [0.5, 0.6) is 0 Å². The molecule has 17 heteroatoms. The molecule has 0 aliphatic heterocycles. The fourth-order valence-electron chi connectivity index (χ4n) is 1.79. The Kier molecular flexibility index (Phi) is 32.3. The first-order valence-electron chi connectivity index (χ1n) is 12.8. The quantitative estimate of drug-likeness (QED) is 0.0800. The Hall–Kier alpha value is -4.95. The number of carbonyl (C=O) groups is 5. The fourth-order valence-corrected chi connectivity index (χ4v) is 2.82. The molecule has 0 amide bonds. The summed E-state index contributed by atoms with van der Waals surface area (Å²) in [6.07, 6.45) is 19.7. The maximum absolute atomic E-state index is 11.8. The maximum atomic E-state index is 11.8. The van der Waals surface area contributed by atoms with Gasteiger partial charge in [0.1, 0.15) is 23.5 Å². The van der Waals surface area contributed by atoms with Crippen LogP contribution in [0, 0.1) is 0 Å². The van der Waals surface area contributed by atoms with Gasteiger partial charge in [-0.1, -0.05) is 60.8 Å². The fraction of sp³-hybridized carbons (Fsp3) is 0.167. The molecule has 0 aliphatic rings. The van der Waals surface area contributed by atoms with Crippen molar-refractivity contribution in [3.8, 4) is 0 Å². The zero-order valence-corrected chi connectivity index (χ0v) is 28.8. The molecule has 0 unspecified atom stereocenters. The van der Waals surface area contributed by atoms with E-state index in [0.29, 0.717) is 0 Å². The van der Waals surface area contributed by atoms with Crippen molar-refractivity contribution in [2.75, 3.05) is 0 Å². The Bertz CT molecular complexity index is 1190. The molecular formula is C30H35AlMgO15. The molecule has 0 fully saturated rings. The maximum Gasteiger partial charge on any atom is 2.00 e. The van der Waals surface area contributed by atoms with Gasteiger partial charge in [0, 0.05) is 0 Å². The van der Waals surface area contributed by atoms with Crippen molar-refractivity contribution in [2.45, 2.75) is 34.6 Å². The number of carbonyl (C=O) groups excluding carboxylic acids is 5. The van der Waals surface area contributed by atoms with E-state index in [-0.39, 0.29) is 23.1 Å². The molecule has 0 rings (SSSR count). The van der Waals surface area contributed by atoms with Crippen molar-refractivity contribution in [1.82, 2.24) is 0 Å². The molecule has 0 bridgehead atoms. The SMILES string of the molecule is C/C=C/C=C(\O)C(=O)[O-].C/C=C/C=C(\O)C(=O)[O-].C/C=C/C=C(\O)C(=O)[O][Al]([O]C(=O)/C(O)=C/C=C/C)[O]C(=O)/C(O)=C/C=C/C.[Mg+2]. The van der Waals surface area contributed by atoms with Gasteiger partial charge < -0.3 is 56.7 Å². The summed E-state index contributed by atoms with van der Waals surface area (Å²) in [5, 5.41) is 65.0. The van der Waals surface area contributed by atoms with E-state index in [0.717, 1.165) is 30.4 Å². The average Bonchev–Trinajstić information content (AvgIpc) is 3.02. The normalized spacial score (nSPS) is 12.6. The largest absolute Gasteiger partial charge is 2.00 e. The molecule has 15 nitrogen and oxygen atoms in total. The predicted molar refractivity (Wildman–Crippen MR) is 167 cm³/mol. The van der Waals surface area contributed by atoms with Gasteiger partial charge in [-0.3, -0.25) is 0 Å². The second-order valence-electron chi connectivity index (χ2n) is 7.47. The molecule has 0 spiro atoms. The van der Waals surface area contributed by atoms with E-state index in [9.17, 15) is 49.5 Å². The molecule has 0 aromatic carbocycles. The van der Waals surface area contributed by atoms with Crippen LogP contribution in [0.2, 0.25) is 0 Å². The van der Waals surface area contributed by atoms with Crippen LogP contribution >= 0.6 is 0 Å². The third-order valence-corrected chi connectivity index (χ3v) is 5.11. The number of allylic oxidation sites excluding steroid dienone is 15. The predicted octanol–water partition coefficient (Wildman–Crippen LogP) is 1.78. The molecule has 0 saturated carbocycles. The van der Waals surface area contributed by atoms with Crippen molar-refractivity contribution in [2.24, 2.45) is 0 Å². The summed E-state index contributed by atoms with van der Waals surface area (Å²) in [4.78, 5) is 54.9.